The van der Waals surface area contributed by atoms with E-state index in [1.54, 1.807) is 0 Å². The zero-order valence-corrected chi connectivity index (χ0v) is 9.51. The molecule has 1 aromatic heterocycles. The van der Waals surface area contributed by atoms with Gasteiger partial charge in [0.2, 0.25) is 0 Å². The lowest BCUT2D eigenvalue weighted by molar-refractivity contribution is -0.139. The molecule has 0 amide bonds. The maximum atomic E-state index is 11.9. The predicted molar refractivity (Wildman–Crippen MR) is 54.9 cm³/mol. The fourth-order valence-corrected chi connectivity index (χ4v) is 3.02. The van der Waals surface area contributed by atoms with Crippen LogP contribution in [-0.2, 0) is 14.8 Å². The van der Waals surface area contributed by atoms with Gasteiger partial charge < -0.3 is 5.11 Å². The summed E-state index contributed by atoms with van der Waals surface area (Å²) in [4.78, 5) is 26.4. The van der Waals surface area contributed by atoms with Gasteiger partial charge in [0.15, 0.2) is 16.9 Å². The molecule has 2 rings (SSSR count). The van der Waals surface area contributed by atoms with E-state index in [0.717, 1.165) is 7.05 Å². The highest BCUT2D eigenvalue weighted by atomic mass is 32.2. The van der Waals surface area contributed by atoms with Crippen LogP contribution < -0.4 is 0 Å². The van der Waals surface area contributed by atoms with Gasteiger partial charge in [0.25, 0.3) is 10.0 Å². The van der Waals surface area contributed by atoms with Crippen molar-refractivity contribution in [2.24, 2.45) is 0 Å². The molecule has 1 N–H and O–H groups in total. The summed E-state index contributed by atoms with van der Waals surface area (Å²) in [5, 5.41) is 8.49. The Morgan fingerprint density at radius 2 is 2.18 bits per heavy atom. The van der Waals surface area contributed by atoms with E-state index in [0.29, 0.717) is 4.31 Å². The van der Waals surface area contributed by atoms with Crippen LogP contribution >= 0.6 is 0 Å². The number of fused-ring (bicyclic) bond motifs is 1. The molecular weight excluding hydrogens is 248 g/mol. The Morgan fingerprint density at radius 1 is 1.53 bits per heavy atom. The number of nitrogens with zero attached hydrogens (tertiary/aromatic N) is 2. The number of aromatic nitrogens is 1. The average molecular weight is 256 g/mol. The quantitative estimate of drug-likeness (QED) is 0.669. The van der Waals surface area contributed by atoms with E-state index in [9.17, 15) is 18.0 Å². The summed E-state index contributed by atoms with van der Waals surface area (Å²) >= 11 is 0. The van der Waals surface area contributed by atoms with E-state index in [2.05, 4.69) is 4.98 Å². The van der Waals surface area contributed by atoms with Gasteiger partial charge in [-0.3, -0.25) is 4.79 Å². The molecule has 1 unspecified atom stereocenters. The van der Waals surface area contributed by atoms with Crippen molar-refractivity contribution in [3.05, 3.63) is 23.9 Å². The number of carbonyl (C=O) groups excluding carboxylic acids is 1. The number of sulfonamides is 1. The van der Waals surface area contributed by atoms with E-state index >= 15 is 0 Å². The van der Waals surface area contributed by atoms with Gasteiger partial charge in [-0.1, -0.05) is 0 Å². The summed E-state index contributed by atoms with van der Waals surface area (Å²) in [5.41, 5.74) is -0.182. The van der Waals surface area contributed by atoms with Crippen LogP contribution in [0, 0.1) is 0 Å². The van der Waals surface area contributed by atoms with E-state index in [1.165, 1.54) is 18.3 Å². The summed E-state index contributed by atoms with van der Waals surface area (Å²) in [7, 11) is -2.98. The standard InChI is InChI=1S/C9H8N2O5S/c1-11-6(9(13)14)7(12)5-3-2-4-10-8(5)17(11,15)16/h2-4,6H,1H3,(H,13,14). The van der Waals surface area contributed by atoms with Crippen LogP contribution in [0.3, 0.4) is 0 Å². The molecule has 0 saturated heterocycles. The molecule has 90 valence electrons. The first-order valence-electron chi connectivity index (χ1n) is 4.57. The van der Waals surface area contributed by atoms with E-state index in [-0.39, 0.29) is 5.56 Å². The molecule has 1 aromatic rings. The first kappa shape index (κ1) is 11.7. The number of Topliss-reactive ketones (excluding diaryl/α,β-unsaturated/α-hetero) is 1. The molecule has 1 aliphatic rings. The van der Waals surface area contributed by atoms with Crippen molar-refractivity contribution in [1.29, 1.82) is 0 Å². The second kappa shape index (κ2) is 3.60. The highest BCUT2D eigenvalue weighted by Crippen LogP contribution is 2.26. The number of pyridine rings is 1. The monoisotopic (exact) mass is 256 g/mol. The second-order valence-electron chi connectivity index (χ2n) is 3.48. The van der Waals surface area contributed by atoms with Crippen LogP contribution in [0.1, 0.15) is 10.4 Å². The molecule has 0 aromatic carbocycles. The van der Waals surface area contributed by atoms with Gasteiger partial charge in [0.1, 0.15) is 0 Å². The molecule has 8 heteroatoms. The largest absolute Gasteiger partial charge is 0.480 e. The molecule has 0 aliphatic carbocycles. The Balaban J connectivity index is 2.75. The number of carboxylic acid groups (broad SMARTS) is 1. The Hall–Kier alpha value is -1.80. The SMILES string of the molecule is CN1C(C(=O)O)C(=O)c2cccnc2S1(=O)=O. The lowest BCUT2D eigenvalue weighted by Gasteiger charge is -2.28. The van der Waals surface area contributed by atoms with Crippen LogP contribution in [0.15, 0.2) is 23.4 Å². The summed E-state index contributed by atoms with van der Waals surface area (Å²) < 4.78 is 24.3. The zero-order chi connectivity index (χ0) is 12.8. The lowest BCUT2D eigenvalue weighted by atomic mass is 10.1. The number of carbonyl (C=O) groups is 2. The average Bonchev–Trinajstić information content (AvgIpc) is 2.27. The first-order valence-corrected chi connectivity index (χ1v) is 6.01. The Labute approximate surface area is 96.7 Å². The third kappa shape index (κ3) is 1.53. The smallest absolute Gasteiger partial charge is 0.330 e. The van der Waals surface area contributed by atoms with Crippen molar-refractivity contribution >= 4 is 21.8 Å². The van der Waals surface area contributed by atoms with Crippen molar-refractivity contribution in [1.82, 2.24) is 9.29 Å². The third-order valence-electron chi connectivity index (χ3n) is 2.51. The van der Waals surface area contributed by atoms with Crippen LogP contribution in [0.25, 0.3) is 0 Å². The van der Waals surface area contributed by atoms with Crippen molar-refractivity contribution in [2.45, 2.75) is 11.1 Å². The number of aliphatic carboxylic acids is 1. The molecular formula is C9H8N2O5S. The summed E-state index contributed by atoms with van der Waals surface area (Å²) in [5.74, 6) is -2.28. The van der Waals surface area contributed by atoms with E-state index < -0.39 is 32.8 Å². The number of likely N-dealkylation sites (N-methyl/N-ethyl adjacent to an activating group) is 1. The Morgan fingerprint density at radius 3 is 2.76 bits per heavy atom. The number of carboxylic acids is 1. The zero-order valence-electron chi connectivity index (χ0n) is 8.69. The van der Waals surface area contributed by atoms with Gasteiger partial charge in [0, 0.05) is 13.2 Å². The highest BCUT2D eigenvalue weighted by Gasteiger charge is 2.46. The molecule has 2 heterocycles. The summed E-state index contributed by atoms with van der Waals surface area (Å²) in [6.07, 6.45) is 1.23. The topological polar surface area (TPSA) is 105 Å². The molecule has 0 bridgehead atoms. The Kier molecular flexibility index (Phi) is 2.48. The number of hydrogen-bond donors (Lipinski definition) is 1. The van der Waals surface area contributed by atoms with Gasteiger partial charge in [0.05, 0.1) is 5.56 Å². The van der Waals surface area contributed by atoms with Crippen LogP contribution in [0.4, 0.5) is 0 Å². The summed E-state index contributed by atoms with van der Waals surface area (Å²) in [6, 6.07) is 0.915. The van der Waals surface area contributed by atoms with Gasteiger partial charge in [-0.2, -0.15) is 4.31 Å². The fourth-order valence-electron chi connectivity index (χ4n) is 1.64. The predicted octanol–water partition coefficient (Wildman–Crippen LogP) is -0.648. The molecule has 1 aliphatic heterocycles. The van der Waals surface area contributed by atoms with E-state index in [4.69, 9.17) is 5.11 Å². The maximum Gasteiger partial charge on any atom is 0.330 e. The van der Waals surface area contributed by atoms with Gasteiger partial charge >= 0.3 is 5.97 Å². The van der Waals surface area contributed by atoms with E-state index in [1.807, 2.05) is 0 Å². The van der Waals surface area contributed by atoms with Gasteiger partial charge in [-0.25, -0.2) is 18.2 Å². The van der Waals surface area contributed by atoms with Crippen LogP contribution in [0.5, 0.6) is 0 Å². The fraction of sp³-hybridized carbons (Fsp3) is 0.222. The van der Waals surface area contributed by atoms with Crippen LogP contribution in [0.2, 0.25) is 0 Å². The second-order valence-corrected chi connectivity index (χ2v) is 5.40. The van der Waals surface area contributed by atoms with Crippen molar-refractivity contribution in [3.63, 3.8) is 0 Å². The maximum absolute atomic E-state index is 11.9. The minimum Gasteiger partial charge on any atom is -0.480 e. The van der Waals surface area contributed by atoms with Gasteiger partial charge in [-0.05, 0) is 12.1 Å². The van der Waals surface area contributed by atoms with Crippen molar-refractivity contribution < 1.29 is 23.1 Å². The summed E-state index contributed by atoms with van der Waals surface area (Å²) in [6.45, 7) is 0. The van der Waals surface area contributed by atoms with Gasteiger partial charge in [-0.15, -0.1) is 0 Å². The minimum absolute atomic E-state index is 0.182. The van der Waals surface area contributed by atoms with Crippen molar-refractivity contribution in [3.8, 4) is 0 Å². The third-order valence-corrected chi connectivity index (χ3v) is 4.29. The van der Waals surface area contributed by atoms with Crippen molar-refractivity contribution in [2.75, 3.05) is 7.05 Å². The molecule has 0 saturated carbocycles. The highest BCUT2D eigenvalue weighted by molar-refractivity contribution is 7.89. The molecule has 0 radical (unpaired) electrons. The number of ketones is 1. The van der Waals surface area contributed by atoms with Crippen LogP contribution in [-0.4, -0.2) is 47.7 Å². The molecule has 0 fully saturated rings. The lowest BCUT2D eigenvalue weighted by Crippen LogP contribution is -2.51. The molecule has 0 spiro atoms. The molecule has 1 atom stereocenters. The minimum atomic E-state index is -4.03. The number of hydrogen-bond acceptors (Lipinski definition) is 5. The molecule has 17 heavy (non-hydrogen) atoms. The Bertz CT molecular complexity index is 610. The normalized spacial score (nSPS) is 23.1. The number of rotatable bonds is 1. The first-order chi connectivity index (χ1) is 7.87. The molecule has 7 nitrogen and oxygen atoms in total.